The molecule has 1 amide bonds. The highest BCUT2D eigenvalue weighted by atomic mass is 16.3. The van der Waals surface area contributed by atoms with Crippen LogP contribution in [0.5, 0.6) is 5.75 Å². The summed E-state index contributed by atoms with van der Waals surface area (Å²) in [7, 11) is 0. The number of nitrogens with one attached hydrogen (secondary N) is 1. The van der Waals surface area contributed by atoms with Crippen molar-refractivity contribution in [3.05, 3.63) is 54.2 Å². The van der Waals surface area contributed by atoms with Crippen LogP contribution in [0.1, 0.15) is 18.4 Å². The van der Waals surface area contributed by atoms with Crippen LogP contribution in [0.4, 0.5) is 5.82 Å². The van der Waals surface area contributed by atoms with Gasteiger partial charge in [0.1, 0.15) is 11.6 Å². The van der Waals surface area contributed by atoms with Gasteiger partial charge in [0.2, 0.25) is 5.91 Å². The first-order valence-corrected chi connectivity index (χ1v) is 8.11. The molecule has 2 aromatic carbocycles. The third-order valence-corrected chi connectivity index (χ3v) is 4.46. The van der Waals surface area contributed by atoms with Crippen LogP contribution in [-0.2, 0) is 4.79 Å². The Balaban J connectivity index is 1.65. The molecule has 1 saturated carbocycles. The Morgan fingerprint density at radius 1 is 1.08 bits per heavy atom. The lowest BCUT2D eigenvalue weighted by Gasteiger charge is -2.08. The van der Waals surface area contributed by atoms with Gasteiger partial charge in [0.15, 0.2) is 0 Å². The smallest absolute Gasteiger partial charge is 0.228 e. The summed E-state index contributed by atoms with van der Waals surface area (Å²) in [5.74, 6) is 1.12. The molecule has 3 aromatic rings. The number of phenolic OH excluding ortho intramolecular Hbond substituents is 1. The van der Waals surface area contributed by atoms with E-state index in [1.807, 2.05) is 43.3 Å². The number of nitrogens with zero attached hydrogens (tertiary/aromatic N) is 1. The fourth-order valence-corrected chi connectivity index (χ4v) is 2.75. The van der Waals surface area contributed by atoms with Crippen molar-refractivity contribution in [2.24, 2.45) is 5.92 Å². The van der Waals surface area contributed by atoms with E-state index in [0.29, 0.717) is 11.6 Å². The minimum absolute atomic E-state index is 0.0635. The molecule has 2 N–H and O–H groups in total. The van der Waals surface area contributed by atoms with E-state index in [1.54, 1.807) is 12.3 Å². The second-order valence-corrected chi connectivity index (χ2v) is 6.40. The van der Waals surface area contributed by atoms with Crippen molar-refractivity contribution < 1.29 is 9.90 Å². The summed E-state index contributed by atoms with van der Waals surface area (Å²) in [6.45, 7) is 1.88. The van der Waals surface area contributed by atoms with Crippen molar-refractivity contribution in [1.29, 1.82) is 0 Å². The number of fused-ring (bicyclic) bond motifs is 1. The van der Waals surface area contributed by atoms with E-state index in [1.165, 1.54) is 0 Å². The number of amides is 1. The van der Waals surface area contributed by atoms with Gasteiger partial charge in [0, 0.05) is 17.5 Å². The van der Waals surface area contributed by atoms with Crippen LogP contribution < -0.4 is 5.32 Å². The number of phenols is 1. The maximum absolute atomic E-state index is 11.8. The number of aromatic nitrogens is 1. The number of benzene rings is 2. The highest BCUT2D eigenvalue weighted by Crippen LogP contribution is 2.31. The van der Waals surface area contributed by atoms with E-state index in [2.05, 4.69) is 10.3 Å². The van der Waals surface area contributed by atoms with Crippen LogP contribution in [0.25, 0.3) is 21.9 Å². The molecule has 1 fully saturated rings. The number of pyridine rings is 1. The highest BCUT2D eigenvalue weighted by Gasteiger charge is 2.29. The molecule has 0 bridgehead atoms. The van der Waals surface area contributed by atoms with Crippen molar-refractivity contribution in [3.63, 3.8) is 0 Å². The van der Waals surface area contributed by atoms with Gasteiger partial charge >= 0.3 is 0 Å². The monoisotopic (exact) mass is 318 g/mol. The van der Waals surface area contributed by atoms with Gasteiger partial charge in [0.05, 0.1) is 0 Å². The van der Waals surface area contributed by atoms with Crippen molar-refractivity contribution in [3.8, 4) is 16.9 Å². The third-order valence-electron chi connectivity index (χ3n) is 4.46. The van der Waals surface area contributed by atoms with Crippen molar-refractivity contribution in [2.45, 2.75) is 19.8 Å². The fourth-order valence-electron chi connectivity index (χ4n) is 2.75. The van der Waals surface area contributed by atoms with Crippen LogP contribution in [0.2, 0.25) is 0 Å². The Bertz CT molecular complexity index is 946. The molecule has 0 atom stereocenters. The molecule has 1 heterocycles. The average molecular weight is 318 g/mol. The molecule has 1 aromatic heterocycles. The Hall–Kier alpha value is -2.88. The minimum Gasteiger partial charge on any atom is -0.508 e. The number of aryl methyl sites for hydroxylation is 1. The Kier molecular flexibility index (Phi) is 3.45. The van der Waals surface area contributed by atoms with Gasteiger partial charge in [-0.05, 0) is 60.0 Å². The number of aromatic hydroxyl groups is 1. The first-order chi connectivity index (χ1) is 11.6. The van der Waals surface area contributed by atoms with Gasteiger partial charge < -0.3 is 10.4 Å². The molecule has 4 heteroatoms. The average Bonchev–Trinajstić information content (AvgIpc) is 3.42. The van der Waals surface area contributed by atoms with E-state index in [9.17, 15) is 9.90 Å². The summed E-state index contributed by atoms with van der Waals surface area (Å²) in [6, 6.07) is 13.6. The van der Waals surface area contributed by atoms with Gasteiger partial charge in [0.25, 0.3) is 0 Å². The second kappa shape index (κ2) is 5.64. The van der Waals surface area contributed by atoms with E-state index in [-0.39, 0.29) is 11.8 Å². The molecule has 0 spiro atoms. The highest BCUT2D eigenvalue weighted by molar-refractivity contribution is 5.96. The summed E-state index contributed by atoms with van der Waals surface area (Å²) in [5.41, 5.74) is 2.85. The molecular formula is C20H18N2O2. The molecule has 0 radical (unpaired) electrons. The molecule has 4 nitrogen and oxygen atoms in total. The summed E-state index contributed by atoms with van der Waals surface area (Å²) < 4.78 is 0. The first-order valence-electron chi connectivity index (χ1n) is 8.11. The minimum atomic E-state index is 0.0635. The zero-order valence-electron chi connectivity index (χ0n) is 13.4. The molecular weight excluding hydrogens is 300 g/mol. The molecule has 1 aliphatic carbocycles. The fraction of sp³-hybridized carbons (Fsp3) is 0.200. The van der Waals surface area contributed by atoms with Crippen LogP contribution in [0.15, 0.2) is 48.7 Å². The number of anilines is 1. The largest absolute Gasteiger partial charge is 0.508 e. The third kappa shape index (κ3) is 2.83. The van der Waals surface area contributed by atoms with E-state index >= 15 is 0 Å². The Labute approximate surface area is 140 Å². The molecule has 0 aliphatic heterocycles. The van der Waals surface area contributed by atoms with Crippen LogP contribution in [0.3, 0.4) is 0 Å². The lowest BCUT2D eigenvalue weighted by Crippen LogP contribution is -2.14. The Morgan fingerprint density at radius 3 is 2.58 bits per heavy atom. The van der Waals surface area contributed by atoms with Crippen molar-refractivity contribution in [1.82, 2.24) is 4.98 Å². The van der Waals surface area contributed by atoms with E-state index in [4.69, 9.17) is 0 Å². The lowest BCUT2D eigenvalue weighted by molar-refractivity contribution is -0.117. The number of carbonyl (C=O) groups is 1. The first kappa shape index (κ1) is 14.7. The number of rotatable bonds is 3. The maximum Gasteiger partial charge on any atom is 0.228 e. The topological polar surface area (TPSA) is 62.2 Å². The van der Waals surface area contributed by atoms with Crippen LogP contribution in [-0.4, -0.2) is 16.0 Å². The van der Waals surface area contributed by atoms with Gasteiger partial charge in [-0.15, -0.1) is 0 Å². The summed E-state index contributed by atoms with van der Waals surface area (Å²) in [4.78, 5) is 16.2. The lowest BCUT2D eigenvalue weighted by atomic mass is 10.0. The number of carbonyl (C=O) groups excluding carboxylic acids is 1. The molecule has 4 rings (SSSR count). The number of hydrogen-bond acceptors (Lipinski definition) is 3. The van der Waals surface area contributed by atoms with Gasteiger partial charge in [-0.25, -0.2) is 4.98 Å². The van der Waals surface area contributed by atoms with Gasteiger partial charge in [-0.3, -0.25) is 4.79 Å². The summed E-state index contributed by atoms with van der Waals surface area (Å²) >= 11 is 0. The molecule has 0 saturated heterocycles. The Morgan fingerprint density at radius 2 is 1.83 bits per heavy atom. The normalized spacial score (nSPS) is 13.9. The zero-order chi connectivity index (χ0) is 16.7. The quantitative estimate of drug-likeness (QED) is 0.758. The van der Waals surface area contributed by atoms with Gasteiger partial charge in [-0.1, -0.05) is 24.3 Å². The standard InChI is InChI=1S/C20H18N2O2/c1-12-2-3-15(9-18(12)23)14-6-7-16-10-19(21-11-17(16)8-14)22-20(24)13-4-5-13/h2-3,6-11,13,23H,4-5H2,1H3,(H,21,22,24). The van der Waals surface area contributed by atoms with Crippen molar-refractivity contribution >= 4 is 22.5 Å². The SMILES string of the molecule is Cc1ccc(-c2ccc3cc(NC(=O)C4CC4)ncc3c2)cc1O. The molecule has 1 aliphatic rings. The van der Waals surface area contributed by atoms with Crippen molar-refractivity contribution in [2.75, 3.05) is 5.32 Å². The molecule has 120 valence electrons. The second-order valence-electron chi connectivity index (χ2n) is 6.40. The van der Waals surface area contributed by atoms with Crippen LogP contribution >= 0.6 is 0 Å². The predicted molar refractivity (Wildman–Crippen MR) is 94.9 cm³/mol. The zero-order valence-corrected chi connectivity index (χ0v) is 13.4. The number of hydrogen-bond donors (Lipinski definition) is 2. The van der Waals surface area contributed by atoms with Gasteiger partial charge in [-0.2, -0.15) is 0 Å². The summed E-state index contributed by atoms with van der Waals surface area (Å²) in [6.07, 6.45) is 3.73. The predicted octanol–water partition coefficient (Wildman–Crippen LogP) is 4.26. The molecule has 24 heavy (non-hydrogen) atoms. The van der Waals surface area contributed by atoms with Crippen LogP contribution in [0, 0.1) is 12.8 Å². The summed E-state index contributed by atoms with van der Waals surface area (Å²) in [5, 5.41) is 14.8. The maximum atomic E-state index is 11.8. The molecule has 0 unspecified atom stereocenters. The van der Waals surface area contributed by atoms with E-state index < -0.39 is 0 Å². The van der Waals surface area contributed by atoms with E-state index in [0.717, 1.165) is 40.3 Å².